The van der Waals surface area contributed by atoms with E-state index in [1.54, 1.807) is 12.1 Å². The smallest absolute Gasteiger partial charge is 0.417 e. The normalized spacial score (nSPS) is 13.3. The number of aryl methyl sites for hydroxylation is 3. The van der Waals surface area contributed by atoms with Gasteiger partial charge >= 0.3 is 13.1 Å². The van der Waals surface area contributed by atoms with E-state index in [1.807, 2.05) is 26.8 Å². The number of nitrogens with one attached hydrogen (secondary N) is 1. The summed E-state index contributed by atoms with van der Waals surface area (Å²) in [5.41, 5.74) is 5.45. The minimum Gasteiger partial charge on any atom is -0.423 e. The van der Waals surface area contributed by atoms with Crippen molar-refractivity contribution in [2.45, 2.75) is 33.6 Å². The molecule has 31 heavy (non-hydrogen) atoms. The topological polar surface area (TPSA) is 38.3 Å². The summed E-state index contributed by atoms with van der Waals surface area (Å²) in [7, 11) is 0. The molecule has 1 aliphatic heterocycles. The molecule has 1 heterocycles. The van der Waals surface area contributed by atoms with E-state index in [0.29, 0.717) is 12.3 Å². The van der Waals surface area contributed by atoms with E-state index in [0.717, 1.165) is 33.7 Å². The summed E-state index contributed by atoms with van der Waals surface area (Å²) in [6.45, 7) is 6.28. The highest BCUT2D eigenvalue weighted by atomic mass is 19.4. The highest BCUT2D eigenvalue weighted by Gasteiger charge is 2.35. The molecule has 1 amide bonds. The molecule has 0 fully saturated rings. The molecular formula is C24H21BF3NO2. The Morgan fingerprint density at radius 2 is 1.68 bits per heavy atom. The third-order valence-electron chi connectivity index (χ3n) is 5.57. The molecule has 3 aromatic rings. The van der Waals surface area contributed by atoms with Crippen molar-refractivity contribution in [3.63, 3.8) is 0 Å². The van der Waals surface area contributed by atoms with Crippen molar-refractivity contribution in [1.82, 2.24) is 0 Å². The number of halogens is 3. The van der Waals surface area contributed by atoms with Gasteiger partial charge in [-0.05, 0) is 61.5 Å². The number of hydrogen-bond donors (Lipinski definition) is 1. The lowest BCUT2D eigenvalue weighted by Gasteiger charge is -2.16. The van der Waals surface area contributed by atoms with Gasteiger partial charge in [-0.2, -0.15) is 13.2 Å². The van der Waals surface area contributed by atoms with Crippen LogP contribution >= 0.6 is 0 Å². The van der Waals surface area contributed by atoms with Crippen LogP contribution in [0.25, 0.3) is 0 Å². The van der Waals surface area contributed by atoms with Crippen LogP contribution < -0.4 is 16.2 Å². The highest BCUT2D eigenvalue weighted by Crippen LogP contribution is 2.32. The molecular weight excluding hydrogens is 402 g/mol. The van der Waals surface area contributed by atoms with Crippen LogP contribution in [0, 0.1) is 20.8 Å². The molecule has 0 spiro atoms. The summed E-state index contributed by atoms with van der Waals surface area (Å²) >= 11 is 0. The molecule has 0 bridgehead atoms. The Kier molecular flexibility index (Phi) is 5.39. The first kappa shape index (κ1) is 21.2. The minimum absolute atomic E-state index is 0.282. The van der Waals surface area contributed by atoms with Crippen LogP contribution in [0.3, 0.4) is 0 Å². The van der Waals surface area contributed by atoms with Gasteiger partial charge in [-0.1, -0.05) is 47.0 Å². The van der Waals surface area contributed by atoms with E-state index in [4.69, 9.17) is 4.65 Å². The van der Waals surface area contributed by atoms with Gasteiger partial charge in [0.25, 0.3) is 5.91 Å². The Hall–Kier alpha value is -3.06. The minimum atomic E-state index is -4.61. The van der Waals surface area contributed by atoms with Crippen molar-refractivity contribution in [3.05, 3.63) is 88.0 Å². The molecule has 0 radical (unpaired) electrons. The van der Waals surface area contributed by atoms with Gasteiger partial charge in [-0.3, -0.25) is 4.79 Å². The standard InChI is InChI=1S/C24H21BF3NO2/c1-14-10-15(2)22(16(3)11-14)25-21-12-18(9-8-17(21)13-31-25)29-23(30)19-6-4-5-7-20(19)24(26,27)28/h4-12H,13H2,1-3H3,(H,29,30). The monoisotopic (exact) mass is 423 g/mol. The predicted octanol–water partition coefficient (Wildman–Crippen LogP) is 4.52. The SMILES string of the molecule is Cc1cc(C)c(B2OCc3ccc(NC(=O)c4ccccc4C(F)(F)F)cc32)c(C)c1. The summed E-state index contributed by atoms with van der Waals surface area (Å²) in [6.07, 6.45) is -4.61. The average molecular weight is 423 g/mol. The molecule has 1 N–H and O–H groups in total. The Morgan fingerprint density at radius 1 is 1.00 bits per heavy atom. The number of carbonyl (C=O) groups is 1. The zero-order valence-electron chi connectivity index (χ0n) is 17.4. The summed E-state index contributed by atoms with van der Waals surface area (Å²) in [5.74, 6) is -0.800. The van der Waals surface area contributed by atoms with Crippen molar-refractivity contribution < 1.29 is 22.6 Å². The van der Waals surface area contributed by atoms with Crippen LogP contribution in [0.2, 0.25) is 0 Å². The number of rotatable bonds is 3. The number of amides is 1. The zero-order chi connectivity index (χ0) is 22.3. The molecule has 0 atom stereocenters. The zero-order valence-corrected chi connectivity index (χ0v) is 17.4. The molecule has 0 saturated carbocycles. The van der Waals surface area contributed by atoms with Crippen molar-refractivity contribution >= 4 is 29.4 Å². The van der Waals surface area contributed by atoms with Crippen LogP contribution in [0.5, 0.6) is 0 Å². The second kappa shape index (κ2) is 7.89. The van der Waals surface area contributed by atoms with Gasteiger partial charge in [0.15, 0.2) is 0 Å². The fraction of sp³-hybridized carbons (Fsp3) is 0.208. The summed E-state index contributed by atoms with van der Waals surface area (Å²) in [5, 5.41) is 2.62. The van der Waals surface area contributed by atoms with Crippen LogP contribution in [0.1, 0.15) is 38.2 Å². The second-order valence-electron chi connectivity index (χ2n) is 7.91. The fourth-order valence-electron chi connectivity index (χ4n) is 4.28. The van der Waals surface area contributed by atoms with Crippen LogP contribution in [0.15, 0.2) is 54.6 Å². The highest BCUT2D eigenvalue weighted by molar-refractivity contribution is 6.81. The second-order valence-corrected chi connectivity index (χ2v) is 7.91. The molecule has 0 aromatic heterocycles. The summed E-state index contributed by atoms with van der Waals surface area (Å²) in [4.78, 5) is 12.6. The van der Waals surface area contributed by atoms with E-state index in [1.165, 1.54) is 23.8 Å². The van der Waals surface area contributed by atoms with Crippen LogP contribution in [0.4, 0.5) is 18.9 Å². The summed E-state index contributed by atoms with van der Waals surface area (Å²) in [6, 6.07) is 14.3. The van der Waals surface area contributed by atoms with Gasteiger partial charge in [0.2, 0.25) is 0 Å². The van der Waals surface area contributed by atoms with Gasteiger partial charge in [0.1, 0.15) is 0 Å². The predicted molar refractivity (Wildman–Crippen MR) is 116 cm³/mol. The van der Waals surface area contributed by atoms with Crippen molar-refractivity contribution in [2.75, 3.05) is 5.32 Å². The maximum Gasteiger partial charge on any atom is 0.417 e. The first-order valence-electron chi connectivity index (χ1n) is 9.95. The van der Waals surface area contributed by atoms with Gasteiger partial charge in [-0.25, -0.2) is 0 Å². The van der Waals surface area contributed by atoms with Crippen LogP contribution in [-0.2, 0) is 17.4 Å². The maximum atomic E-state index is 13.3. The van der Waals surface area contributed by atoms with Gasteiger partial charge < -0.3 is 9.97 Å². The van der Waals surface area contributed by atoms with Crippen LogP contribution in [-0.4, -0.2) is 12.8 Å². The largest absolute Gasteiger partial charge is 0.423 e. The van der Waals surface area contributed by atoms with Gasteiger partial charge in [-0.15, -0.1) is 0 Å². The van der Waals surface area contributed by atoms with Gasteiger partial charge in [0, 0.05) is 5.69 Å². The lowest BCUT2D eigenvalue weighted by atomic mass is 9.53. The molecule has 0 saturated heterocycles. The van der Waals surface area contributed by atoms with E-state index in [-0.39, 0.29) is 6.92 Å². The number of alkyl halides is 3. The van der Waals surface area contributed by atoms with Gasteiger partial charge in [0.05, 0.1) is 17.7 Å². The van der Waals surface area contributed by atoms with Crippen molar-refractivity contribution in [3.8, 4) is 0 Å². The number of fused-ring (bicyclic) bond motifs is 1. The van der Waals surface area contributed by atoms with Crippen molar-refractivity contribution in [1.29, 1.82) is 0 Å². The third kappa shape index (κ3) is 4.10. The quantitative estimate of drug-likeness (QED) is 0.630. The number of hydrogen-bond acceptors (Lipinski definition) is 2. The van der Waals surface area contributed by atoms with E-state index in [2.05, 4.69) is 17.4 Å². The lowest BCUT2D eigenvalue weighted by Crippen LogP contribution is -2.44. The molecule has 1 aliphatic rings. The third-order valence-corrected chi connectivity index (χ3v) is 5.57. The molecule has 0 unspecified atom stereocenters. The van der Waals surface area contributed by atoms with E-state index < -0.39 is 23.2 Å². The summed E-state index contributed by atoms with van der Waals surface area (Å²) < 4.78 is 45.9. The molecule has 158 valence electrons. The molecule has 3 aromatic carbocycles. The van der Waals surface area contributed by atoms with Crippen molar-refractivity contribution in [2.24, 2.45) is 0 Å². The Labute approximate surface area is 179 Å². The fourth-order valence-corrected chi connectivity index (χ4v) is 4.28. The Bertz CT molecular complexity index is 1150. The Morgan fingerprint density at radius 3 is 2.35 bits per heavy atom. The average Bonchev–Trinajstić information content (AvgIpc) is 3.09. The number of anilines is 1. The molecule has 4 rings (SSSR count). The molecule has 3 nitrogen and oxygen atoms in total. The Balaban J connectivity index is 1.66. The molecule has 7 heteroatoms. The molecule has 0 aliphatic carbocycles. The first-order chi connectivity index (χ1) is 14.6. The lowest BCUT2D eigenvalue weighted by molar-refractivity contribution is -0.137. The number of carbonyl (C=O) groups excluding carboxylic acids is 1. The number of benzene rings is 3. The maximum absolute atomic E-state index is 13.3. The first-order valence-corrected chi connectivity index (χ1v) is 9.95. The van der Waals surface area contributed by atoms with E-state index >= 15 is 0 Å². The van der Waals surface area contributed by atoms with E-state index in [9.17, 15) is 18.0 Å².